The number of rotatable bonds is 9. The lowest BCUT2D eigenvalue weighted by Crippen LogP contribution is -2.55. The summed E-state index contributed by atoms with van der Waals surface area (Å²) in [5.41, 5.74) is 0.856. The van der Waals surface area contributed by atoms with Crippen LogP contribution >= 0.6 is 0 Å². The molecule has 1 aliphatic heterocycles. The van der Waals surface area contributed by atoms with Gasteiger partial charge in [0.1, 0.15) is 0 Å². The molecular weight excluding hydrogens is 498 g/mol. The normalized spacial score (nSPS) is 22.5. The van der Waals surface area contributed by atoms with Crippen molar-refractivity contribution in [3.8, 4) is 11.5 Å². The van der Waals surface area contributed by atoms with Crippen molar-refractivity contribution < 1.29 is 33.0 Å². The van der Waals surface area contributed by atoms with Crippen LogP contribution in [0.4, 0.5) is 19.3 Å². The van der Waals surface area contributed by atoms with Crippen molar-refractivity contribution in [2.24, 2.45) is 0 Å². The number of carbonyl (C=O) groups excluding carboxylic acids is 2. The van der Waals surface area contributed by atoms with Crippen molar-refractivity contribution in [3.63, 3.8) is 0 Å². The average Bonchev–Trinajstić information content (AvgIpc) is 3.30. The van der Waals surface area contributed by atoms with Crippen LogP contribution in [-0.4, -0.2) is 74.5 Å². The van der Waals surface area contributed by atoms with Crippen molar-refractivity contribution in [1.29, 1.82) is 0 Å². The number of aliphatic hydroxyl groups excluding tert-OH is 1. The number of nitrogens with one attached hydrogen (secondary N) is 3. The third-order valence-electron chi connectivity index (χ3n) is 7.62. The fourth-order valence-corrected chi connectivity index (χ4v) is 5.76. The van der Waals surface area contributed by atoms with E-state index in [9.17, 15) is 18.4 Å². The van der Waals surface area contributed by atoms with Crippen LogP contribution in [0.1, 0.15) is 31.2 Å². The zero-order valence-corrected chi connectivity index (χ0v) is 21.6. The highest BCUT2D eigenvalue weighted by molar-refractivity contribution is 5.89. The summed E-state index contributed by atoms with van der Waals surface area (Å²) in [6.07, 6.45) is 2.66. The van der Waals surface area contributed by atoms with E-state index in [1.807, 2.05) is 23.1 Å². The predicted octanol–water partition coefficient (Wildman–Crippen LogP) is 2.78. The zero-order valence-electron chi connectivity index (χ0n) is 21.6. The highest BCUT2D eigenvalue weighted by Crippen LogP contribution is 2.50. The Hall–Kier alpha value is -3.44. The molecule has 0 aromatic heterocycles. The van der Waals surface area contributed by atoms with Crippen LogP contribution in [0, 0.1) is 11.6 Å². The molecule has 0 spiro atoms. The number of fused-ring (bicyclic) bond motifs is 1. The molecule has 1 saturated carbocycles. The average molecular weight is 533 g/mol. The van der Waals surface area contributed by atoms with Gasteiger partial charge >= 0.3 is 6.03 Å². The maximum absolute atomic E-state index is 13.6. The number of hydrogen-bond acceptors (Lipinski definition) is 6. The Balaban J connectivity index is 1.54. The Morgan fingerprint density at radius 1 is 1.08 bits per heavy atom. The Morgan fingerprint density at radius 3 is 2.58 bits per heavy atom. The lowest BCUT2D eigenvalue weighted by molar-refractivity contribution is -0.132. The fraction of sp³-hybridized carbons (Fsp3) is 0.481. The molecule has 2 aromatic rings. The van der Waals surface area contributed by atoms with Crippen molar-refractivity contribution in [3.05, 3.63) is 53.6 Å². The van der Waals surface area contributed by atoms with Gasteiger partial charge in [0.25, 0.3) is 0 Å². The number of aliphatic hydroxyl groups is 1. The number of carbonyl (C=O) groups is 2. The molecule has 4 rings (SSSR count). The summed E-state index contributed by atoms with van der Waals surface area (Å²) < 4.78 is 37.7. The maximum Gasteiger partial charge on any atom is 0.319 e. The minimum atomic E-state index is -1.05. The molecule has 1 saturated heterocycles. The second kappa shape index (κ2) is 12.0. The SMILES string of the molecule is COc1ccc(C23CCC(NC(=O)Nc4ccc(F)c(F)c4)CC2N(C(=O)CNCCO)CC3)cc1OC. The number of amides is 3. The van der Waals surface area contributed by atoms with Crippen LogP contribution in [0.2, 0.25) is 0 Å². The molecule has 2 aliphatic rings. The van der Waals surface area contributed by atoms with Gasteiger partial charge in [-0.3, -0.25) is 4.79 Å². The summed E-state index contributed by atoms with van der Waals surface area (Å²) in [6.45, 7) is 0.922. The van der Waals surface area contributed by atoms with Crippen LogP contribution in [0.15, 0.2) is 36.4 Å². The monoisotopic (exact) mass is 532 g/mol. The second-order valence-corrected chi connectivity index (χ2v) is 9.68. The Kier molecular flexibility index (Phi) is 8.68. The molecule has 3 atom stereocenters. The number of benzene rings is 2. The predicted molar refractivity (Wildman–Crippen MR) is 137 cm³/mol. The topological polar surface area (TPSA) is 112 Å². The second-order valence-electron chi connectivity index (χ2n) is 9.68. The van der Waals surface area contributed by atoms with Gasteiger partial charge in [-0.15, -0.1) is 0 Å². The summed E-state index contributed by atoms with van der Waals surface area (Å²) >= 11 is 0. The third-order valence-corrected chi connectivity index (χ3v) is 7.62. The zero-order chi connectivity index (χ0) is 27.3. The number of hydrogen-bond donors (Lipinski definition) is 4. The first-order valence-electron chi connectivity index (χ1n) is 12.7. The van der Waals surface area contributed by atoms with Crippen LogP contribution in [0.5, 0.6) is 11.5 Å². The van der Waals surface area contributed by atoms with Crippen LogP contribution in [0.25, 0.3) is 0 Å². The molecule has 0 bridgehead atoms. The first-order valence-corrected chi connectivity index (χ1v) is 12.7. The van der Waals surface area contributed by atoms with Crippen LogP contribution in [-0.2, 0) is 10.2 Å². The van der Waals surface area contributed by atoms with Crippen molar-refractivity contribution >= 4 is 17.6 Å². The van der Waals surface area contributed by atoms with Crippen LogP contribution < -0.4 is 25.4 Å². The fourth-order valence-electron chi connectivity index (χ4n) is 5.76. The van der Waals surface area contributed by atoms with E-state index in [1.54, 1.807) is 14.2 Å². The molecule has 9 nitrogen and oxygen atoms in total. The number of methoxy groups -OCH3 is 2. The molecule has 3 unspecified atom stereocenters. The lowest BCUT2D eigenvalue weighted by Gasteiger charge is -2.45. The van der Waals surface area contributed by atoms with Gasteiger partial charge in [-0.25, -0.2) is 13.6 Å². The molecule has 206 valence electrons. The highest BCUT2D eigenvalue weighted by atomic mass is 19.2. The highest BCUT2D eigenvalue weighted by Gasteiger charge is 2.53. The summed E-state index contributed by atoms with van der Waals surface area (Å²) in [6, 6.07) is 8.06. The minimum absolute atomic E-state index is 0.0641. The van der Waals surface area contributed by atoms with Gasteiger partial charge in [0, 0.05) is 42.3 Å². The molecule has 38 heavy (non-hydrogen) atoms. The van der Waals surface area contributed by atoms with Gasteiger partial charge in [-0.1, -0.05) is 6.07 Å². The van der Waals surface area contributed by atoms with Crippen molar-refractivity contribution in [1.82, 2.24) is 15.5 Å². The largest absolute Gasteiger partial charge is 0.493 e. The standard InChI is InChI=1S/C27H34F2N4O5/c1-37-22-6-3-17(13-23(22)38-2)27-8-7-19(32-26(36)31-18-4-5-20(28)21(29)14-18)15-24(27)33(11-9-27)25(35)16-30-10-12-34/h3-6,13-14,19,24,30,34H,7-12,15-16H2,1-2H3,(H2,31,32,36). The molecule has 0 radical (unpaired) electrons. The Bertz CT molecular complexity index is 1170. The first-order chi connectivity index (χ1) is 18.3. The van der Waals surface area contributed by atoms with E-state index in [0.717, 1.165) is 30.5 Å². The van der Waals surface area contributed by atoms with Crippen molar-refractivity contribution in [2.45, 2.75) is 43.2 Å². The van der Waals surface area contributed by atoms with E-state index < -0.39 is 17.7 Å². The van der Waals surface area contributed by atoms with E-state index in [4.69, 9.17) is 14.6 Å². The molecule has 2 fully saturated rings. The van der Waals surface area contributed by atoms with Gasteiger partial charge in [0.15, 0.2) is 23.1 Å². The smallest absolute Gasteiger partial charge is 0.319 e. The van der Waals surface area contributed by atoms with E-state index in [0.29, 0.717) is 37.4 Å². The number of nitrogens with zero attached hydrogens (tertiary/aromatic N) is 1. The van der Waals surface area contributed by atoms with Gasteiger partial charge in [0.2, 0.25) is 5.91 Å². The quantitative estimate of drug-likeness (QED) is 0.370. The first kappa shape index (κ1) is 27.6. The molecule has 3 amide bonds. The molecular formula is C27H34F2N4O5. The summed E-state index contributed by atoms with van der Waals surface area (Å²) in [5, 5.41) is 17.5. The molecule has 1 heterocycles. The molecule has 4 N–H and O–H groups in total. The molecule has 1 aliphatic carbocycles. The third kappa shape index (κ3) is 5.68. The van der Waals surface area contributed by atoms with Crippen LogP contribution in [0.3, 0.4) is 0 Å². The minimum Gasteiger partial charge on any atom is -0.493 e. The summed E-state index contributed by atoms with van der Waals surface area (Å²) in [4.78, 5) is 27.7. The van der Waals surface area contributed by atoms with Gasteiger partial charge in [-0.05, 0) is 55.5 Å². The lowest BCUT2D eigenvalue weighted by atomic mass is 9.65. The molecule has 11 heteroatoms. The van der Waals surface area contributed by atoms with E-state index in [-0.39, 0.29) is 42.2 Å². The van der Waals surface area contributed by atoms with Gasteiger partial charge < -0.3 is 35.4 Å². The Labute approximate surface area is 220 Å². The maximum atomic E-state index is 13.6. The van der Waals surface area contributed by atoms with E-state index in [2.05, 4.69) is 16.0 Å². The van der Waals surface area contributed by atoms with Crippen molar-refractivity contribution in [2.75, 3.05) is 45.8 Å². The number of anilines is 1. The Morgan fingerprint density at radius 2 is 1.87 bits per heavy atom. The number of ether oxygens (including phenoxy) is 2. The molecule has 2 aromatic carbocycles. The number of halogens is 2. The number of likely N-dealkylation sites (tertiary alicyclic amines) is 1. The van der Waals surface area contributed by atoms with Gasteiger partial charge in [0.05, 0.1) is 27.4 Å². The summed E-state index contributed by atoms with van der Waals surface area (Å²) in [7, 11) is 3.16. The van der Waals surface area contributed by atoms with E-state index in [1.165, 1.54) is 6.07 Å². The van der Waals surface area contributed by atoms with Gasteiger partial charge in [-0.2, -0.15) is 0 Å². The summed E-state index contributed by atoms with van der Waals surface area (Å²) in [5.74, 6) is -0.881. The number of urea groups is 1. The van der Waals surface area contributed by atoms with E-state index >= 15 is 0 Å².